The van der Waals surface area contributed by atoms with Gasteiger partial charge in [0, 0.05) is 25.1 Å². The van der Waals surface area contributed by atoms with E-state index in [4.69, 9.17) is 33.2 Å². The van der Waals surface area contributed by atoms with Gasteiger partial charge >= 0.3 is 0 Å². The van der Waals surface area contributed by atoms with Gasteiger partial charge in [-0.1, -0.05) is 41.4 Å². The SMILES string of the molecule is O=C(NCCCCN(Cc1nc2ccccc2[nH]1)[C@@H]1CCCc2cccnc21)c1c(Cl)cncc1Cl. The number of carbonyl (C=O) groups is 1. The summed E-state index contributed by atoms with van der Waals surface area (Å²) in [6.45, 7) is 2.11. The largest absolute Gasteiger partial charge is 0.352 e. The van der Waals surface area contributed by atoms with E-state index >= 15 is 0 Å². The van der Waals surface area contributed by atoms with Gasteiger partial charge in [-0.25, -0.2) is 4.98 Å². The van der Waals surface area contributed by atoms with Crippen LogP contribution in [0.2, 0.25) is 10.0 Å². The van der Waals surface area contributed by atoms with Crippen LogP contribution in [-0.2, 0) is 13.0 Å². The lowest BCUT2D eigenvalue weighted by atomic mass is 9.90. The Morgan fingerprint density at radius 1 is 1.11 bits per heavy atom. The van der Waals surface area contributed by atoms with E-state index in [9.17, 15) is 4.79 Å². The molecule has 186 valence electrons. The number of fused-ring (bicyclic) bond motifs is 2. The fraction of sp³-hybridized carbons (Fsp3) is 0.333. The number of imidazole rings is 1. The molecule has 1 atom stereocenters. The molecule has 0 aliphatic heterocycles. The molecule has 0 saturated carbocycles. The monoisotopic (exact) mass is 522 g/mol. The second kappa shape index (κ2) is 11.4. The molecule has 3 aromatic heterocycles. The van der Waals surface area contributed by atoms with Crippen molar-refractivity contribution in [3.05, 3.63) is 87.7 Å². The highest BCUT2D eigenvalue weighted by atomic mass is 35.5. The van der Waals surface area contributed by atoms with Crippen LogP contribution in [0.4, 0.5) is 0 Å². The van der Waals surface area contributed by atoms with E-state index in [1.807, 2.05) is 30.5 Å². The van der Waals surface area contributed by atoms with Gasteiger partial charge in [0.05, 0.1) is 44.9 Å². The van der Waals surface area contributed by atoms with Gasteiger partial charge in [0.25, 0.3) is 5.91 Å². The minimum Gasteiger partial charge on any atom is -0.352 e. The van der Waals surface area contributed by atoms with Crippen molar-refractivity contribution in [1.29, 1.82) is 0 Å². The number of aromatic amines is 1. The number of halogens is 2. The molecular formula is C27H28Cl2N6O. The third-order valence-corrected chi connectivity index (χ3v) is 7.21. The Morgan fingerprint density at radius 3 is 2.78 bits per heavy atom. The molecule has 1 amide bonds. The molecule has 1 aliphatic rings. The fourth-order valence-corrected chi connectivity index (χ4v) is 5.45. The minimum atomic E-state index is -0.281. The van der Waals surface area contributed by atoms with Crippen molar-refractivity contribution in [3.8, 4) is 0 Å². The third kappa shape index (κ3) is 5.53. The molecule has 1 aliphatic carbocycles. The van der Waals surface area contributed by atoms with Gasteiger partial charge in [-0.05, 0) is 62.4 Å². The topological polar surface area (TPSA) is 86.8 Å². The second-order valence-electron chi connectivity index (χ2n) is 9.07. The van der Waals surface area contributed by atoms with Crippen LogP contribution in [0.3, 0.4) is 0 Å². The summed E-state index contributed by atoms with van der Waals surface area (Å²) in [5.41, 5.74) is 4.80. The number of H-pyrrole nitrogens is 1. The van der Waals surface area contributed by atoms with Crippen LogP contribution in [0.25, 0.3) is 11.0 Å². The summed E-state index contributed by atoms with van der Waals surface area (Å²) >= 11 is 12.2. The van der Waals surface area contributed by atoms with Crippen LogP contribution in [0, 0.1) is 0 Å². The van der Waals surface area contributed by atoms with E-state index in [2.05, 4.69) is 32.3 Å². The minimum absolute atomic E-state index is 0.243. The van der Waals surface area contributed by atoms with E-state index in [1.54, 1.807) is 0 Å². The Morgan fingerprint density at radius 2 is 1.94 bits per heavy atom. The Bertz CT molecular complexity index is 1300. The molecule has 0 fully saturated rings. The molecule has 0 bridgehead atoms. The molecule has 3 heterocycles. The molecule has 0 radical (unpaired) electrons. The lowest BCUT2D eigenvalue weighted by Gasteiger charge is -2.34. The summed E-state index contributed by atoms with van der Waals surface area (Å²) in [5, 5.41) is 3.43. The zero-order chi connectivity index (χ0) is 24.9. The highest BCUT2D eigenvalue weighted by Gasteiger charge is 2.27. The number of nitrogens with one attached hydrogen (secondary N) is 2. The van der Waals surface area contributed by atoms with Crippen LogP contribution in [0.5, 0.6) is 0 Å². The summed E-state index contributed by atoms with van der Waals surface area (Å²) in [7, 11) is 0. The fourth-order valence-electron chi connectivity index (χ4n) is 4.92. The number of para-hydroxylation sites is 2. The number of nitrogens with zero attached hydrogens (tertiary/aromatic N) is 4. The number of hydrogen-bond donors (Lipinski definition) is 2. The summed E-state index contributed by atoms with van der Waals surface area (Å²) in [5.74, 6) is 0.673. The lowest BCUT2D eigenvalue weighted by Crippen LogP contribution is -2.33. The highest BCUT2D eigenvalue weighted by molar-refractivity contribution is 6.39. The maximum Gasteiger partial charge on any atom is 0.254 e. The smallest absolute Gasteiger partial charge is 0.254 e. The Labute approximate surface area is 220 Å². The zero-order valence-corrected chi connectivity index (χ0v) is 21.4. The third-order valence-electron chi connectivity index (χ3n) is 6.64. The molecule has 7 nitrogen and oxygen atoms in total. The molecule has 36 heavy (non-hydrogen) atoms. The maximum absolute atomic E-state index is 12.6. The average Bonchev–Trinajstić information content (AvgIpc) is 3.30. The Balaban J connectivity index is 1.25. The first-order chi connectivity index (χ1) is 17.6. The predicted octanol–water partition coefficient (Wildman–Crippen LogP) is 5.75. The van der Waals surface area contributed by atoms with Gasteiger partial charge in [-0.15, -0.1) is 0 Å². The number of carbonyl (C=O) groups excluding carboxylic acids is 1. The van der Waals surface area contributed by atoms with Crippen LogP contribution >= 0.6 is 23.2 Å². The molecule has 0 spiro atoms. The van der Waals surface area contributed by atoms with Gasteiger partial charge in [-0.3, -0.25) is 19.7 Å². The molecule has 0 saturated heterocycles. The first kappa shape index (κ1) is 24.7. The molecular weight excluding hydrogens is 495 g/mol. The first-order valence-electron chi connectivity index (χ1n) is 12.3. The number of hydrogen-bond acceptors (Lipinski definition) is 5. The summed E-state index contributed by atoms with van der Waals surface area (Å²) in [6.07, 6.45) is 9.76. The second-order valence-corrected chi connectivity index (χ2v) is 9.88. The zero-order valence-electron chi connectivity index (χ0n) is 19.9. The van der Waals surface area contributed by atoms with Gasteiger partial charge in [0.2, 0.25) is 0 Å². The molecule has 1 aromatic carbocycles. The number of unbranched alkanes of at least 4 members (excludes halogenated alkanes) is 1. The van der Waals surface area contributed by atoms with E-state index in [1.165, 1.54) is 23.7 Å². The van der Waals surface area contributed by atoms with Crippen molar-refractivity contribution >= 4 is 40.1 Å². The van der Waals surface area contributed by atoms with E-state index in [-0.39, 0.29) is 27.6 Å². The first-order valence-corrected chi connectivity index (χ1v) is 13.0. The Hall–Kier alpha value is -3.00. The normalized spacial score (nSPS) is 15.2. The van der Waals surface area contributed by atoms with E-state index in [0.29, 0.717) is 13.1 Å². The highest BCUT2D eigenvalue weighted by Crippen LogP contribution is 2.34. The maximum atomic E-state index is 12.6. The molecule has 0 unspecified atom stereocenters. The quantitative estimate of drug-likeness (QED) is 0.273. The van der Waals surface area contributed by atoms with Crippen LogP contribution in [-0.4, -0.2) is 43.8 Å². The Kier molecular flexibility index (Phi) is 7.80. The van der Waals surface area contributed by atoms with Gasteiger partial charge in [0.15, 0.2) is 0 Å². The van der Waals surface area contributed by atoms with Crippen molar-refractivity contribution in [2.75, 3.05) is 13.1 Å². The number of pyridine rings is 2. The van der Waals surface area contributed by atoms with Crippen molar-refractivity contribution in [2.45, 2.75) is 44.7 Å². The lowest BCUT2D eigenvalue weighted by molar-refractivity contribution is 0.0952. The van der Waals surface area contributed by atoms with Crippen molar-refractivity contribution in [1.82, 2.24) is 30.2 Å². The van der Waals surface area contributed by atoms with Crippen molar-refractivity contribution in [2.24, 2.45) is 0 Å². The number of benzene rings is 1. The summed E-state index contributed by atoms with van der Waals surface area (Å²) in [6, 6.07) is 12.6. The van der Waals surface area contributed by atoms with E-state index in [0.717, 1.165) is 55.5 Å². The average molecular weight is 523 g/mol. The van der Waals surface area contributed by atoms with Crippen LogP contribution in [0.1, 0.15) is 59.2 Å². The number of aromatic nitrogens is 4. The molecule has 4 aromatic rings. The number of aryl methyl sites for hydroxylation is 1. The van der Waals surface area contributed by atoms with Crippen LogP contribution < -0.4 is 5.32 Å². The summed E-state index contributed by atoms with van der Waals surface area (Å²) < 4.78 is 0. The van der Waals surface area contributed by atoms with Gasteiger partial charge in [-0.2, -0.15) is 0 Å². The van der Waals surface area contributed by atoms with Crippen molar-refractivity contribution in [3.63, 3.8) is 0 Å². The number of amides is 1. The molecule has 2 N–H and O–H groups in total. The van der Waals surface area contributed by atoms with Gasteiger partial charge in [0.1, 0.15) is 5.82 Å². The molecule has 5 rings (SSSR count). The van der Waals surface area contributed by atoms with Crippen molar-refractivity contribution < 1.29 is 4.79 Å². The summed E-state index contributed by atoms with van der Waals surface area (Å²) in [4.78, 5) is 32.0. The predicted molar refractivity (Wildman–Crippen MR) is 142 cm³/mol. The van der Waals surface area contributed by atoms with E-state index < -0.39 is 0 Å². The number of rotatable bonds is 9. The van der Waals surface area contributed by atoms with Crippen LogP contribution in [0.15, 0.2) is 55.0 Å². The molecule has 9 heteroatoms. The van der Waals surface area contributed by atoms with Gasteiger partial charge < -0.3 is 10.3 Å². The standard InChI is InChI=1S/C27H28Cl2N6O/c28-19-15-30-16-20(29)25(19)27(36)32-12-3-4-14-35(17-24-33-21-9-1-2-10-22(21)34-24)23-11-5-7-18-8-6-13-31-26(18)23/h1-2,6,8-10,13,15-16,23H,3-5,7,11-12,14,17H2,(H,32,36)(H,33,34)/t23-/m1/s1.